The molecule has 0 aromatic carbocycles. The standard InChI is InChI=1S/C9H13N5S/c1-3-14-6-10-4-8(14)5-11-9-13-12-7(2)15-9/h4,6H,3,5H2,1-2H3,(H,11,13). The highest BCUT2D eigenvalue weighted by atomic mass is 32.1. The van der Waals surface area contributed by atoms with E-state index in [0.29, 0.717) is 0 Å². The van der Waals surface area contributed by atoms with Gasteiger partial charge in [0.1, 0.15) is 5.01 Å². The molecule has 2 heterocycles. The van der Waals surface area contributed by atoms with Gasteiger partial charge in [0.05, 0.1) is 18.6 Å². The molecule has 2 aromatic heterocycles. The largest absolute Gasteiger partial charge is 0.354 e. The second kappa shape index (κ2) is 4.39. The maximum absolute atomic E-state index is 4.10. The van der Waals surface area contributed by atoms with Crippen LogP contribution in [0.4, 0.5) is 5.13 Å². The summed E-state index contributed by atoms with van der Waals surface area (Å²) >= 11 is 1.56. The Morgan fingerprint density at radius 3 is 3.00 bits per heavy atom. The smallest absolute Gasteiger partial charge is 0.205 e. The molecule has 0 saturated carbocycles. The molecule has 0 atom stereocenters. The molecule has 0 spiro atoms. The molecular weight excluding hydrogens is 210 g/mol. The number of hydrogen-bond donors (Lipinski definition) is 1. The van der Waals surface area contributed by atoms with Crippen molar-refractivity contribution in [1.29, 1.82) is 0 Å². The fourth-order valence-electron chi connectivity index (χ4n) is 1.31. The highest BCUT2D eigenvalue weighted by Gasteiger charge is 2.02. The summed E-state index contributed by atoms with van der Waals surface area (Å²) in [7, 11) is 0. The van der Waals surface area contributed by atoms with Gasteiger partial charge in [-0.15, -0.1) is 10.2 Å². The van der Waals surface area contributed by atoms with E-state index in [2.05, 4.69) is 32.0 Å². The second-order valence-electron chi connectivity index (χ2n) is 3.15. The Morgan fingerprint density at radius 1 is 1.47 bits per heavy atom. The van der Waals surface area contributed by atoms with Crippen LogP contribution in [0.15, 0.2) is 12.5 Å². The minimum absolute atomic E-state index is 0.739. The number of aryl methyl sites for hydroxylation is 2. The van der Waals surface area contributed by atoms with Gasteiger partial charge in [0, 0.05) is 12.7 Å². The van der Waals surface area contributed by atoms with Gasteiger partial charge in [-0.25, -0.2) is 4.98 Å². The van der Waals surface area contributed by atoms with Crippen LogP contribution in [0.5, 0.6) is 0 Å². The molecule has 0 aliphatic heterocycles. The van der Waals surface area contributed by atoms with E-state index >= 15 is 0 Å². The quantitative estimate of drug-likeness (QED) is 0.856. The number of aromatic nitrogens is 4. The first-order chi connectivity index (χ1) is 7.29. The molecule has 15 heavy (non-hydrogen) atoms. The molecule has 5 nitrogen and oxygen atoms in total. The van der Waals surface area contributed by atoms with Crippen LogP contribution in [0.2, 0.25) is 0 Å². The van der Waals surface area contributed by atoms with Gasteiger partial charge in [-0.3, -0.25) is 0 Å². The van der Waals surface area contributed by atoms with Crippen molar-refractivity contribution in [2.45, 2.75) is 26.9 Å². The average Bonchev–Trinajstić information content (AvgIpc) is 2.83. The molecule has 0 radical (unpaired) electrons. The summed E-state index contributed by atoms with van der Waals surface area (Å²) < 4.78 is 2.10. The molecule has 6 heteroatoms. The van der Waals surface area contributed by atoms with Gasteiger partial charge < -0.3 is 9.88 Å². The van der Waals surface area contributed by atoms with Crippen molar-refractivity contribution < 1.29 is 0 Å². The molecule has 0 fully saturated rings. The number of nitrogens with one attached hydrogen (secondary N) is 1. The highest BCUT2D eigenvalue weighted by molar-refractivity contribution is 7.15. The Morgan fingerprint density at radius 2 is 2.33 bits per heavy atom. The van der Waals surface area contributed by atoms with Crippen molar-refractivity contribution in [3.8, 4) is 0 Å². The fraction of sp³-hybridized carbons (Fsp3) is 0.444. The molecule has 2 rings (SSSR count). The van der Waals surface area contributed by atoms with E-state index in [4.69, 9.17) is 0 Å². The Kier molecular flexibility index (Phi) is 2.96. The van der Waals surface area contributed by atoms with Crippen molar-refractivity contribution in [2.24, 2.45) is 0 Å². The first-order valence-corrected chi connectivity index (χ1v) is 5.64. The molecule has 80 valence electrons. The lowest BCUT2D eigenvalue weighted by Gasteiger charge is -2.04. The molecule has 0 unspecified atom stereocenters. The highest BCUT2D eigenvalue weighted by Crippen LogP contribution is 2.14. The van der Waals surface area contributed by atoms with Gasteiger partial charge >= 0.3 is 0 Å². The average molecular weight is 223 g/mol. The van der Waals surface area contributed by atoms with Gasteiger partial charge in [0.15, 0.2) is 0 Å². The van der Waals surface area contributed by atoms with E-state index in [1.165, 1.54) is 0 Å². The van der Waals surface area contributed by atoms with Crippen LogP contribution in [0.25, 0.3) is 0 Å². The molecule has 0 saturated heterocycles. The maximum Gasteiger partial charge on any atom is 0.205 e. The first kappa shape index (κ1) is 10.1. The van der Waals surface area contributed by atoms with Crippen LogP contribution in [0.3, 0.4) is 0 Å². The van der Waals surface area contributed by atoms with Crippen LogP contribution >= 0.6 is 11.3 Å². The summed E-state index contributed by atoms with van der Waals surface area (Å²) in [5.41, 5.74) is 1.16. The summed E-state index contributed by atoms with van der Waals surface area (Å²) in [6.45, 7) is 5.72. The SMILES string of the molecule is CCn1cncc1CNc1nnc(C)s1. The molecule has 0 aliphatic carbocycles. The Labute approximate surface area is 92.2 Å². The molecular formula is C9H13N5S. The van der Waals surface area contributed by atoms with E-state index in [1.807, 2.05) is 19.4 Å². The van der Waals surface area contributed by atoms with Crippen molar-refractivity contribution in [1.82, 2.24) is 19.7 Å². The van der Waals surface area contributed by atoms with Gasteiger partial charge in [0.2, 0.25) is 5.13 Å². The van der Waals surface area contributed by atoms with Crippen LogP contribution in [0.1, 0.15) is 17.6 Å². The monoisotopic (exact) mass is 223 g/mol. The minimum Gasteiger partial charge on any atom is -0.354 e. The number of anilines is 1. The molecule has 1 N–H and O–H groups in total. The lowest BCUT2D eigenvalue weighted by molar-refractivity contribution is 0.719. The summed E-state index contributed by atoms with van der Waals surface area (Å²) in [6, 6.07) is 0. The van der Waals surface area contributed by atoms with Crippen LogP contribution in [-0.4, -0.2) is 19.7 Å². The number of nitrogens with zero attached hydrogens (tertiary/aromatic N) is 4. The molecule has 0 amide bonds. The minimum atomic E-state index is 0.739. The van der Waals surface area contributed by atoms with E-state index in [9.17, 15) is 0 Å². The van der Waals surface area contributed by atoms with E-state index in [0.717, 1.165) is 28.9 Å². The third kappa shape index (κ3) is 2.33. The van der Waals surface area contributed by atoms with Gasteiger partial charge in [-0.05, 0) is 13.8 Å². The van der Waals surface area contributed by atoms with Crippen molar-refractivity contribution >= 4 is 16.5 Å². The van der Waals surface area contributed by atoms with Crippen LogP contribution in [0, 0.1) is 6.92 Å². The lowest BCUT2D eigenvalue weighted by atomic mass is 10.4. The van der Waals surface area contributed by atoms with Crippen molar-refractivity contribution in [3.05, 3.63) is 23.2 Å². The Bertz CT molecular complexity index is 433. The van der Waals surface area contributed by atoms with Crippen molar-refractivity contribution in [2.75, 3.05) is 5.32 Å². The topological polar surface area (TPSA) is 55.6 Å². The Hall–Kier alpha value is -1.43. The molecule has 0 bridgehead atoms. The summed E-state index contributed by atoms with van der Waals surface area (Å²) in [4.78, 5) is 4.10. The Balaban J connectivity index is 1.98. The van der Waals surface area contributed by atoms with Crippen LogP contribution in [-0.2, 0) is 13.1 Å². The van der Waals surface area contributed by atoms with Crippen molar-refractivity contribution in [3.63, 3.8) is 0 Å². The lowest BCUT2D eigenvalue weighted by Crippen LogP contribution is -2.05. The normalized spacial score (nSPS) is 10.5. The van der Waals surface area contributed by atoms with Gasteiger partial charge in [0.25, 0.3) is 0 Å². The van der Waals surface area contributed by atoms with Gasteiger partial charge in [-0.2, -0.15) is 0 Å². The summed E-state index contributed by atoms with van der Waals surface area (Å²) in [6.07, 6.45) is 3.70. The maximum atomic E-state index is 4.10. The zero-order chi connectivity index (χ0) is 10.7. The summed E-state index contributed by atoms with van der Waals surface area (Å²) in [5, 5.41) is 13.0. The molecule has 2 aromatic rings. The fourth-order valence-corrected chi connectivity index (χ4v) is 1.90. The number of imidazole rings is 1. The molecule has 0 aliphatic rings. The third-order valence-corrected chi connectivity index (χ3v) is 2.88. The predicted octanol–water partition coefficient (Wildman–Crippen LogP) is 1.68. The van der Waals surface area contributed by atoms with Crippen LogP contribution < -0.4 is 5.32 Å². The zero-order valence-corrected chi connectivity index (χ0v) is 9.58. The third-order valence-electron chi connectivity index (χ3n) is 2.09. The predicted molar refractivity (Wildman–Crippen MR) is 59.9 cm³/mol. The first-order valence-electron chi connectivity index (χ1n) is 4.82. The van der Waals surface area contributed by atoms with Gasteiger partial charge in [-0.1, -0.05) is 11.3 Å². The van der Waals surface area contributed by atoms with E-state index in [-0.39, 0.29) is 0 Å². The van der Waals surface area contributed by atoms with E-state index in [1.54, 1.807) is 11.3 Å². The second-order valence-corrected chi connectivity index (χ2v) is 4.33. The summed E-state index contributed by atoms with van der Waals surface area (Å²) in [5.74, 6) is 0. The number of hydrogen-bond acceptors (Lipinski definition) is 5. The zero-order valence-electron chi connectivity index (χ0n) is 8.77. The van der Waals surface area contributed by atoms with E-state index < -0.39 is 0 Å². The number of rotatable bonds is 4.